The molecule has 5 heteroatoms. The average molecular weight is 326 g/mol. The molecule has 0 unspecified atom stereocenters. The van der Waals surface area contributed by atoms with E-state index >= 15 is 0 Å². The number of amides is 2. The van der Waals surface area contributed by atoms with Gasteiger partial charge in [0, 0.05) is 19.4 Å². The number of primary amides is 1. The van der Waals surface area contributed by atoms with E-state index in [2.05, 4.69) is 0 Å². The van der Waals surface area contributed by atoms with Crippen molar-refractivity contribution in [3.63, 3.8) is 0 Å². The predicted molar refractivity (Wildman–Crippen MR) is 93.9 cm³/mol. The van der Waals surface area contributed by atoms with Crippen molar-refractivity contribution >= 4 is 17.5 Å². The summed E-state index contributed by atoms with van der Waals surface area (Å²) in [7, 11) is 1.56. The largest absolute Gasteiger partial charge is 0.495 e. The molecular weight excluding hydrogens is 304 g/mol. The van der Waals surface area contributed by atoms with Crippen molar-refractivity contribution in [2.45, 2.75) is 19.3 Å². The van der Waals surface area contributed by atoms with Gasteiger partial charge in [-0.25, -0.2) is 0 Å². The molecule has 24 heavy (non-hydrogen) atoms. The molecule has 0 saturated heterocycles. The fraction of sp³-hybridized carbons (Fsp3) is 0.263. The van der Waals surface area contributed by atoms with Gasteiger partial charge in [0.05, 0.1) is 12.8 Å². The van der Waals surface area contributed by atoms with E-state index in [0.717, 1.165) is 5.56 Å². The standard InChI is InChI=1S/C19H22N2O3/c1-24-17-10-6-5-9-16(17)21(14-13-18(20)22)19(23)12-11-15-7-3-2-4-8-15/h2-10H,11-14H2,1H3,(H2,20,22). The van der Waals surface area contributed by atoms with Crippen molar-refractivity contribution in [3.8, 4) is 5.75 Å². The van der Waals surface area contributed by atoms with Gasteiger partial charge in [0.25, 0.3) is 0 Å². The number of benzene rings is 2. The highest BCUT2D eigenvalue weighted by atomic mass is 16.5. The smallest absolute Gasteiger partial charge is 0.227 e. The molecule has 2 aromatic carbocycles. The molecule has 2 amide bonds. The lowest BCUT2D eigenvalue weighted by Crippen LogP contribution is -2.34. The van der Waals surface area contributed by atoms with Crippen LogP contribution in [0.4, 0.5) is 5.69 Å². The molecule has 0 radical (unpaired) electrons. The zero-order chi connectivity index (χ0) is 17.4. The van der Waals surface area contributed by atoms with Gasteiger partial charge >= 0.3 is 0 Å². The monoisotopic (exact) mass is 326 g/mol. The number of carbonyl (C=O) groups excluding carboxylic acids is 2. The third-order valence-corrected chi connectivity index (χ3v) is 3.73. The maximum Gasteiger partial charge on any atom is 0.227 e. The molecule has 0 atom stereocenters. The van der Waals surface area contributed by atoms with Crippen LogP contribution in [0.15, 0.2) is 54.6 Å². The second kappa shape index (κ2) is 8.72. The maximum atomic E-state index is 12.7. The maximum absolute atomic E-state index is 12.7. The van der Waals surface area contributed by atoms with Gasteiger partial charge in [0.2, 0.25) is 11.8 Å². The van der Waals surface area contributed by atoms with Crippen LogP contribution in [0.25, 0.3) is 0 Å². The Hall–Kier alpha value is -2.82. The van der Waals surface area contributed by atoms with Crippen LogP contribution in [0.1, 0.15) is 18.4 Å². The van der Waals surface area contributed by atoms with Crippen LogP contribution >= 0.6 is 0 Å². The van der Waals surface area contributed by atoms with Gasteiger partial charge < -0.3 is 15.4 Å². The molecule has 0 fully saturated rings. The fourth-order valence-corrected chi connectivity index (χ4v) is 2.49. The van der Waals surface area contributed by atoms with E-state index in [9.17, 15) is 9.59 Å². The molecule has 2 N–H and O–H groups in total. The molecule has 0 saturated carbocycles. The van der Waals surface area contributed by atoms with Crippen LogP contribution in [-0.2, 0) is 16.0 Å². The van der Waals surface area contributed by atoms with Crippen molar-refractivity contribution in [1.29, 1.82) is 0 Å². The summed E-state index contributed by atoms with van der Waals surface area (Å²) in [5.41, 5.74) is 7.00. The number of nitrogens with two attached hydrogens (primary N) is 1. The normalized spacial score (nSPS) is 10.2. The van der Waals surface area contributed by atoms with E-state index in [4.69, 9.17) is 10.5 Å². The Morgan fingerprint density at radius 1 is 1.00 bits per heavy atom. The van der Waals surface area contributed by atoms with E-state index in [0.29, 0.717) is 24.3 Å². The second-order valence-electron chi connectivity index (χ2n) is 5.42. The summed E-state index contributed by atoms with van der Waals surface area (Å²) in [6, 6.07) is 17.1. The van der Waals surface area contributed by atoms with Crippen molar-refractivity contribution in [3.05, 3.63) is 60.2 Å². The molecule has 0 bridgehead atoms. The summed E-state index contributed by atoms with van der Waals surface area (Å²) in [4.78, 5) is 25.4. The Balaban J connectivity index is 2.15. The third kappa shape index (κ3) is 4.84. The first-order valence-electron chi connectivity index (χ1n) is 7.87. The van der Waals surface area contributed by atoms with Gasteiger partial charge in [-0.15, -0.1) is 0 Å². The number of para-hydroxylation sites is 2. The summed E-state index contributed by atoms with van der Waals surface area (Å²) >= 11 is 0. The first-order chi connectivity index (χ1) is 11.6. The molecule has 0 aliphatic heterocycles. The van der Waals surface area contributed by atoms with Gasteiger partial charge in [-0.3, -0.25) is 9.59 Å². The Bertz CT molecular complexity index is 686. The van der Waals surface area contributed by atoms with Gasteiger partial charge in [0.1, 0.15) is 5.75 Å². The van der Waals surface area contributed by atoms with Crippen LogP contribution < -0.4 is 15.4 Å². The number of ether oxygens (including phenoxy) is 1. The summed E-state index contributed by atoms with van der Waals surface area (Å²) in [6.07, 6.45) is 1.10. The lowest BCUT2D eigenvalue weighted by molar-refractivity contribution is -0.119. The Morgan fingerprint density at radius 2 is 1.67 bits per heavy atom. The molecule has 0 spiro atoms. The van der Waals surface area contributed by atoms with Gasteiger partial charge in [-0.1, -0.05) is 42.5 Å². The van der Waals surface area contributed by atoms with Crippen LogP contribution in [-0.4, -0.2) is 25.5 Å². The lowest BCUT2D eigenvalue weighted by Gasteiger charge is -2.24. The van der Waals surface area contributed by atoms with Crippen LogP contribution in [0, 0.1) is 0 Å². The van der Waals surface area contributed by atoms with Crippen molar-refractivity contribution in [1.82, 2.24) is 0 Å². The highest BCUT2D eigenvalue weighted by Crippen LogP contribution is 2.28. The van der Waals surface area contributed by atoms with Crippen molar-refractivity contribution < 1.29 is 14.3 Å². The van der Waals surface area contributed by atoms with E-state index in [1.54, 1.807) is 24.1 Å². The van der Waals surface area contributed by atoms with E-state index in [-0.39, 0.29) is 18.9 Å². The molecular formula is C19H22N2O3. The van der Waals surface area contributed by atoms with E-state index in [1.165, 1.54) is 0 Å². The first kappa shape index (κ1) is 17.5. The minimum Gasteiger partial charge on any atom is -0.495 e. The van der Waals surface area contributed by atoms with Crippen LogP contribution in [0.2, 0.25) is 0 Å². The highest BCUT2D eigenvalue weighted by Gasteiger charge is 2.19. The minimum absolute atomic E-state index is 0.0652. The molecule has 0 aliphatic carbocycles. The number of carbonyl (C=O) groups is 2. The molecule has 2 aromatic rings. The van der Waals surface area contributed by atoms with Crippen molar-refractivity contribution in [2.75, 3.05) is 18.6 Å². The van der Waals surface area contributed by atoms with E-state index < -0.39 is 5.91 Å². The first-order valence-corrected chi connectivity index (χ1v) is 7.87. The highest BCUT2D eigenvalue weighted by molar-refractivity contribution is 5.95. The van der Waals surface area contributed by atoms with Gasteiger partial charge in [0.15, 0.2) is 0 Å². The summed E-state index contributed by atoms with van der Waals surface area (Å²) in [5.74, 6) is 0.0883. The minimum atomic E-state index is -0.439. The van der Waals surface area contributed by atoms with Crippen molar-refractivity contribution in [2.24, 2.45) is 5.73 Å². The number of nitrogens with zero attached hydrogens (tertiary/aromatic N) is 1. The average Bonchev–Trinajstić information content (AvgIpc) is 2.61. The number of aryl methyl sites for hydroxylation is 1. The quantitative estimate of drug-likeness (QED) is 0.810. The topological polar surface area (TPSA) is 72.6 Å². The zero-order valence-electron chi connectivity index (χ0n) is 13.8. The van der Waals surface area contributed by atoms with Gasteiger partial charge in [-0.05, 0) is 24.1 Å². The van der Waals surface area contributed by atoms with Crippen LogP contribution in [0.3, 0.4) is 0 Å². The zero-order valence-corrected chi connectivity index (χ0v) is 13.8. The molecule has 0 aromatic heterocycles. The number of hydrogen-bond donors (Lipinski definition) is 1. The van der Waals surface area contributed by atoms with Gasteiger partial charge in [-0.2, -0.15) is 0 Å². The molecule has 2 rings (SSSR count). The fourth-order valence-electron chi connectivity index (χ4n) is 2.49. The molecule has 5 nitrogen and oxygen atoms in total. The third-order valence-electron chi connectivity index (χ3n) is 3.73. The Labute approximate surface area is 142 Å². The SMILES string of the molecule is COc1ccccc1N(CCC(N)=O)C(=O)CCc1ccccc1. The number of anilines is 1. The number of hydrogen-bond acceptors (Lipinski definition) is 3. The predicted octanol–water partition coefficient (Wildman–Crippen LogP) is 2.54. The van der Waals surface area contributed by atoms with E-state index in [1.807, 2.05) is 42.5 Å². The number of methoxy groups -OCH3 is 1. The molecule has 0 aliphatic rings. The summed E-state index contributed by atoms with van der Waals surface area (Å²) < 4.78 is 5.34. The number of rotatable bonds is 8. The lowest BCUT2D eigenvalue weighted by atomic mass is 10.1. The summed E-state index contributed by atoms with van der Waals surface area (Å²) in [6.45, 7) is 0.239. The Kier molecular flexibility index (Phi) is 6.37. The van der Waals surface area contributed by atoms with Crippen LogP contribution in [0.5, 0.6) is 5.75 Å². The summed E-state index contributed by atoms with van der Waals surface area (Å²) in [5, 5.41) is 0. The molecule has 126 valence electrons. The Morgan fingerprint density at radius 3 is 2.33 bits per heavy atom. The molecule has 0 heterocycles. The second-order valence-corrected chi connectivity index (χ2v) is 5.42.